The Kier molecular flexibility index (Phi) is 6.26. The number of rotatable bonds is 6. The molecule has 0 radical (unpaired) electrons. The number of nitrogens with zero attached hydrogens (tertiary/aromatic N) is 1. The molecule has 1 aliphatic heterocycles. The number of morpholine rings is 1. The fourth-order valence-corrected chi connectivity index (χ4v) is 3.17. The van der Waals surface area contributed by atoms with Gasteiger partial charge in [0.05, 0.1) is 26.4 Å². The third-order valence-corrected chi connectivity index (χ3v) is 4.76. The molecule has 1 fully saturated rings. The van der Waals surface area contributed by atoms with Gasteiger partial charge in [0.25, 0.3) is 5.91 Å². The maximum absolute atomic E-state index is 12.5. The number of amides is 1. The molecule has 5 heteroatoms. The van der Waals surface area contributed by atoms with Crippen LogP contribution in [0.15, 0.2) is 48.5 Å². The molecule has 0 bridgehead atoms. The minimum atomic E-state index is -0.0713. The van der Waals surface area contributed by atoms with Gasteiger partial charge in [-0.25, -0.2) is 0 Å². The van der Waals surface area contributed by atoms with E-state index < -0.39 is 0 Å². The highest BCUT2D eigenvalue weighted by Gasteiger charge is 2.23. The van der Waals surface area contributed by atoms with E-state index in [1.165, 1.54) is 11.1 Å². The molecule has 1 aliphatic rings. The summed E-state index contributed by atoms with van der Waals surface area (Å²) < 4.78 is 10.6. The van der Waals surface area contributed by atoms with Crippen LogP contribution in [0, 0.1) is 6.92 Å². The molecule has 3 rings (SSSR count). The molecule has 0 unspecified atom stereocenters. The summed E-state index contributed by atoms with van der Waals surface area (Å²) in [4.78, 5) is 14.9. The first kappa shape index (κ1) is 18.4. The molecule has 26 heavy (non-hydrogen) atoms. The molecule has 5 nitrogen and oxygen atoms in total. The lowest BCUT2D eigenvalue weighted by atomic mass is 10.0. The molecule has 1 amide bonds. The zero-order valence-corrected chi connectivity index (χ0v) is 15.4. The molecule has 1 atom stereocenters. The van der Waals surface area contributed by atoms with Gasteiger partial charge in [0.15, 0.2) is 0 Å². The zero-order chi connectivity index (χ0) is 18.4. The Morgan fingerprint density at radius 3 is 2.38 bits per heavy atom. The maximum Gasteiger partial charge on any atom is 0.251 e. The summed E-state index contributed by atoms with van der Waals surface area (Å²) in [6.07, 6.45) is 0. The van der Waals surface area contributed by atoms with Crippen molar-refractivity contribution in [2.24, 2.45) is 0 Å². The van der Waals surface area contributed by atoms with Crippen molar-refractivity contribution < 1.29 is 14.3 Å². The van der Waals surface area contributed by atoms with E-state index in [0.29, 0.717) is 12.1 Å². The van der Waals surface area contributed by atoms with E-state index in [9.17, 15) is 4.79 Å². The Labute approximate surface area is 154 Å². The number of hydrogen-bond acceptors (Lipinski definition) is 4. The summed E-state index contributed by atoms with van der Waals surface area (Å²) >= 11 is 0. The molecule has 1 N–H and O–H groups in total. The van der Waals surface area contributed by atoms with Crippen LogP contribution in [0.4, 0.5) is 0 Å². The summed E-state index contributed by atoms with van der Waals surface area (Å²) in [5.74, 6) is 0.672. The van der Waals surface area contributed by atoms with E-state index in [1.807, 2.05) is 0 Å². The number of aryl methyl sites for hydroxylation is 1. The first-order valence-electron chi connectivity index (χ1n) is 8.98. The third-order valence-electron chi connectivity index (χ3n) is 4.76. The van der Waals surface area contributed by atoms with Gasteiger partial charge < -0.3 is 14.8 Å². The predicted octanol–water partition coefficient (Wildman–Crippen LogP) is 2.81. The van der Waals surface area contributed by atoms with E-state index in [-0.39, 0.29) is 11.9 Å². The fraction of sp³-hybridized carbons (Fsp3) is 0.381. The lowest BCUT2D eigenvalue weighted by molar-refractivity contribution is 0.0162. The summed E-state index contributed by atoms with van der Waals surface area (Å²) in [7, 11) is 1.61. The van der Waals surface area contributed by atoms with Crippen molar-refractivity contribution >= 4 is 5.91 Å². The molecule has 0 aliphatic carbocycles. The van der Waals surface area contributed by atoms with Crippen molar-refractivity contribution in [3.05, 3.63) is 65.2 Å². The minimum absolute atomic E-state index is 0.0713. The number of benzene rings is 2. The van der Waals surface area contributed by atoms with Crippen molar-refractivity contribution in [2.45, 2.75) is 13.0 Å². The Hall–Kier alpha value is -2.37. The topological polar surface area (TPSA) is 50.8 Å². The highest BCUT2D eigenvalue weighted by atomic mass is 16.5. The number of hydrogen-bond donors (Lipinski definition) is 1. The van der Waals surface area contributed by atoms with Gasteiger partial charge in [-0.05, 0) is 36.8 Å². The molecule has 2 aromatic rings. The molecule has 138 valence electrons. The summed E-state index contributed by atoms with van der Waals surface area (Å²) in [6.45, 7) is 5.85. The van der Waals surface area contributed by atoms with E-state index in [0.717, 1.165) is 32.1 Å². The van der Waals surface area contributed by atoms with Gasteiger partial charge in [-0.2, -0.15) is 0 Å². The highest BCUT2D eigenvalue weighted by molar-refractivity contribution is 5.94. The van der Waals surface area contributed by atoms with Crippen LogP contribution < -0.4 is 10.1 Å². The van der Waals surface area contributed by atoms with Crippen LogP contribution in [0.25, 0.3) is 0 Å². The van der Waals surface area contributed by atoms with E-state index in [2.05, 4.69) is 41.4 Å². The average molecular weight is 354 g/mol. The van der Waals surface area contributed by atoms with Crippen molar-refractivity contribution in [1.29, 1.82) is 0 Å². The van der Waals surface area contributed by atoms with Gasteiger partial charge in [-0.15, -0.1) is 0 Å². The fourth-order valence-electron chi connectivity index (χ4n) is 3.17. The normalized spacial score (nSPS) is 16.1. The third kappa shape index (κ3) is 4.62. The van der Waals surface area contributed by atoms with Crippen LogP contribution >= 0.6 is 0 Å². The number of carbonyl (C=O) groups excluding carboxylic acids is 1. The Morgan fingerprint density at radius 2 is 1.77 bits per heavy atom. The lowest BCUT2D eigenvalue weighted by Crippen LogP contribution is -2.43. The second kappa shape index (κ2) is 8.83. The first-order valence-corrected chi connectivity index (χ1v) is 8.98. The zero-order valence-electron chi connectivity index (χ0n) is 15.4. The van der Waals surface area contributed by atoms with Crippen LogP contribution in [0.2, 0.25) is 0 Å². The summed E-state index contributed by atoms with van der Waals surface area (Å²) in [6, 6.07) is 15.8. The van der Waals surface area contributed by atoms with Gasteiger partial charge in [-0.3, -0.25) is 9.69 Å². The smallest absolute Gasteiger partial charge is 0.251 e. The van der Waals surface area contributed by atoms with E-state index in [4.69, 9.17) is 9.47 Å². The molecule has 1 heterocycles. The molecule has 1 saturated heterocycles. The van der Waals surface area contributed by atoms with Crippen LogP contribution in [0.3, 0.4) is 0 Å². The number of carbonyl (C=O) groups is 1. The second-order valence-electron chi connectivity index (χ2n) is 6.51. The van der Waals surface area contributed by atoms with Crippen LogP contribution in [0.1, 0.15) is 27.5 Å². The molecule has 0 saturated carbocycles. The van der Waals surface area contributed by atoms with Crippen molar-refractivity contribution in [3.8, 4) is 5.75 Å². The van der Waals surface area contributed by atoms with Crippen molar-refractivity contribution in [3.63, 3.8) is 0 Å². The largest absolute Gasteiger partial charge is 0.497 e. The Morgan fingerprint density at radius 1 is 1.12 bits per heavy atom. The minimum Gasteiger partial charge on any atom is -0.497 e. The molecular formula is C21H26N2O3. The van der Waals surface area contributed by atoms with Gasteiger partial charge in [0.1, 0.15) is 5.75 Å². The van der Waals surface area contributed by atoms with E-state index in [1.54, 1.807) is 31.4 Å². The van der Waals surface area contributed by atoms with Gasteiger partial charge in [-0.1, -0.05) is 29.8 Å². The predicted molar refractivity (Wildman–Crippen MR) is 102 cm³/mol. The number of ether oxygens (including phenoxy) is 2. The number of nitrogens with one attached hydrogen (secondary N) is 1. The SMILES string of the molecule is COc1ccc(C(=O)NC[C@H](c2ccc(C)cc2)N2CCOCC2)cc1. The summed E-state index contributed by atoms with van der Waals surface area (Å²) in [5, 5.41) is 3.08. The Bertz CT molecular complexity index is 707. The molecule has 0 aromatic heterocycles. The van der Waals surface area contributed by atoms with Crippen LogP contribution in [-0.4, -0.2) is 50.8 Å². The lowest BCUT2D eigenvalue weighted by Gasteiger charge is -2.35. The molecule has 0 spiro atoms. The van der Waals surface area contributed by atoms with E-state index >= 15 is 0 Å². The molecule has 2 aromatic carbocycles. The van der Waals surface area contributed by atoms with Crippen molar-refractivity contribution in [2.75, 3.05) is 40.0 Å². The first-order chi connectivity index (χ1) is 12.7. The van der Waals surface area contributed by atoms with Gasteiger partial charge in [0, 0.05) is 25.2 Å². The monoisotopic (exact) mass is 354 g/mol. The number of methoxy groups -OCH3 is 1. The maximum atomic E-state index is 12.5. The van der Waals surface area contributed by atoms with Crippen LogP contribution in [0.5, 0.6) is 5.75 Å². The quantitative estimate of drug-likeness (QED) is 0.867. The van der Waals surface area contributed by atoms with Crippen molar-refractivity contribution in [1.82, 2.24) is 10.2 Å². The summed E-state index contributed by atoms with van der Waals surface area (Å²) in [5.41, 5.74) is 3.08. The van der Waals surface area contributed by atoms with Gasteiger partial charge in [0.2, 0.25) is 0 Å². The van der Waals surface area contributed by atoms with Gasteiger partial charge >= 0.3 is 0 Å². The second-order valence-corrected chi connectivity index (χ2v) is 6.51. The average Bonchev–Trinajstić information content (AvgIpc) is 2.70. The highest BCUT2D eigenvalue weighted by Crippen LogP contribution is 2.22. The Balaban J connectivity index is 1.70. The molecular weight excluding hydrogens is 328 g/mol. The standard InChI is InChI=1S/C21H26N2O3/c1-16-3-5-17(6-4-16)20(23-11-13-26-14-12-23)15-22-21(24)18-7-9-19(25-2)10-8-18/h3-10,20H,11-15H2,1-2H3,(H,22,24)/t20-/m1/s1. The van der Waals surface area contributed by atoms with Crippen LogP contribution in [-0.2, 0) is 4.74 Å².